The van der Waals surface area contributed by atoms with E-state index in [2.05, 4.69) is 37.9 Å². The Morgan fingerprint density at radius 2 is 1.68 bits per heavy atom. The second-order valence-corrected chi connectivity index (χ2v) is 11.0. The van der Waals surface area contributed by atoms with Crippen molar-refractivity contribution in [1.82, 2.24) is 4.98 Å². The Bertz CT molecular complexity index is 971. The second-order valence-electron chi connectivity index (χ2n) is 9.95. The molecule has 0 amide bonds. The minimum absolute atomic E-state index is 0. The van der Waals surface area contributed by atoms with Gasteiger partial charge in [-0.2, -0.15) is 11.3 Å². The Morgan fingerprint density at radius 3 is 2.35 bits per heavy atom. The van der Waals surface area contributed by atoms with Gasteiger partial charge in [0.2, 0.25) is 0 Å². The van der Waals surface area contributed by atoms with Crippen molar-refractivity contribution in [2.75, 3.05) is 0 Å². The first kappa shape index (κ1) is 27.5. The molecule has 1 radical (unpaired) electrons. The summed E-state index contributed by atoms with van der Waals surface area (Å²) >= 11 is 1.71. The van der Waals surface area contributed by atoms with Crippen LogP contribution in [0.15, 0.2) is 48.5 Å². The molecule has 5 heteroatoms. The third-order valence-electron chi connectivity index (χ3n) is 8.11. The number of thiazole rings is 1. The van der Waals surface area contributed by atoms with Crippen LogP contribution in [0.1, 0.15) is 59.3 Å². The molecule has 0 bridgehead atoms. The largest absolute Gasteiger partial charge is 0.392 e. The van der Waals surface area contributed by atoms with Gasteiger partial charge in [-0.15, -0.1) is 35.9 Å². The van der Waals surface area contributed by atoms with Crippen molar-refractivity contribution in [3.8, 4) is 10.6 Å². The van der Waals surface area contributed by atoms with Gasteiger partial charge in [0.1, 0.15) is 0 Å². The standard InChI is InChI=1S/C16H30O2.C13H8NS.Ir/c1-4-11(5-2)13-9-8-12-7-6-10(3)15(17)14(12)16(13)18;1-2-6-10(7-3-1)13-14-11-8-4-5-9-12(11)15-13;/h10-18H,4-9H2,1-3H3;1-6,8-9H;/q;-1;/t10-,12?,13+,14?,15?,16?;;/m0../s1. The Balaban J connectivity index is 0.000000187. The van der Waals surface area contributed by atoms with Crippen LogP contribution >= 0.6 is 11.3 Å². The predicted molar refractivity (Wildman–Crippen MR) is 138 cm³/mol. The molecule has 2 saturated carbocycles. The van der Waals surface area contributed by atoms with Crippen molar-refractivity contribution in [3.05, 3.63) is 54.6 Å². The smallest absolute Gasteiger partial charge is 0.0697 e. The summed E-state index contributed by atoms with van der Waals surface area (Å²) in [4.78, 5) is 4.57. The maximum Gasteiger partial charge on any atom is 0.0697 e. The van der Waals surface area contributed by atoms with Crippen molar-refractivity contribution in [2.45, 2.75) is 71.5 Å². The topological polar surface area (TPSA) is 53.4 Å². The number of hydrogen-bond acceptors (Lipinski definition) is 4. The number of rotatable bonds is 4. The molecule has 2 fully saturated rings. The molecule has 6 atom stereocenters. The van der Waals surface area contributed by atoms with E-state index in [-0.39, 0.29) is 38.2 Å². The predicted octanol–water partition coefficient (Wildman–Crippen LogP) is 6.98. The Morgan fingerprint density at radius 1 is 0.971 bits per heavy atom. The van der Waals surface area contributed by atoms with E-state index in [9.17, 15) is 10.2 Å². The minimum atomic E-state index is -0.282. The van der Waals surface area contributed by atoms with Gasteiger partial charge in [0.15, 0.2) is 0 Å². The number of aromatic nitrogens is 1. The molecular formula is C29H38IrNO2S-. The molecule has 2 aliphatic rings. The molecule has 4 unspecified atom stereocenters. The van der Waals surface area contributed by atoms with E-state index in [1.807, 2.05) is 42.5 Å². The summed E-state index contributed by atoms with van der Waals surface area (Å²) in [6.07, 6.45) is 6.47. The van der Waals surface area contributed by atoms with E-state index in [0.717, 1.165) is 41.8 Å². The molecule has 2 aliphatic carbocycles. The molecule has 0 aliphatic heterocycles. The monoisotopic (exact) mass is 657 g/mol. The summed E-state index contributed by atoms with van der Waals surface area (Å²) in [5.41, 5.74) is 2.13. The van der Waals surface area contributed by atoms with E-state index in [4.69, 9.17) is 0 Å². The average molecular weight is 657 g/mol. The SMILES string of the molecule is CCC(CC)[C@H]1CCC2CC[C@H](C)C(O)C2C1O.[Ir].[c-]1ccccc1-c1nc2ccccc2s1. The van der Waals surface area contributed by atoms with Gasteiger partial charge in [-0.1, -0.05) is 45.7 Å². The van der Waals surface area contributed by atoms with Gasteiger partial charge in [0, 0.05) is 35.7 Å². The summed E-state index contributed by atoms with van der Waals surface area (Å²) < 4.78 is 1.23. The number of para-hydroxylation sites is 1. The van der Waals surface area contributed by atoms with Crippen LogP contribution < -0.4 is 0 Å². The quantitative estimate of drug-likeness (QED) is 0.298. The van der Waals surface area contributed by atoms with Crippen LogP contribution in [0.4, 0.5) is 0 Å². The number of aliphatic hydroxyl groups is 2. The summed E-state index contributed by atoms with van der Waals surface area (Å²) in [5, 5.41) is 22.2. The summed E-state index contributed by atoms with van der Waals surface area (Å²) in [6, 6.07) is 19.3. The third kappa shape index (κ3) is 5.99. The van der Waals surface area contributed by atoms with Crippen LogP contribution in [0.25, 0.3) is 20.8 Å². The molecule has 3 aromatic rings. The van der Waals surface area contributed by atoms with Crippen LogP contribution in [-0.2, 0) is 20.1 Å². The molecule has 187 valence electrons. The molecule has 0 spiro atoms. The Hall–Kier alpha value is -1.10. The first-order valence-corrected chi connectivity index (χ1v) is 13.5. The van der Waals surface area contributed by atoms with Crippen LogP contribution in [0, 0.1) is 35.7 Å². The van der Waals surface area contributed by atoms with Crippen LogP contribution in [0.5, 0.6) is 0 Å². The fraction of sp³-hybridized carbons (Fsp3) is 0.552. The molecule has 3 nitrogen and oxygen atoms in total. The van der Waals surface area contributed by atoms with Crippen molar-refractivity contribution < 1.29 is 30.3 Å². The van der Waals surface area contributed by atoms with Crippen LogP contribution in [-0.4, -0.2) is 27.4 Å². The fourth-order valence-electron chi connectivity index (χ4n) is 6.10. The number of hydrogen-bond donors (Lipinski definition) is 2. The van der Waals surface area contributed by atoms with Gasteiger partial charge >= 0.3 is 0 Å². The zero-order chi connectivity index (χ0) is 23.4. The van der Waals surface area contributed by atoms with E-state index in [0.29, 0.717) is 23.7 Å². The van der Waals surface area contributed by atoms with E-state index in [1.165, 1.54) is 17.5 Å². The summed E-state index contributed by atoms with van der Waals surface area (Å²) in [5.74, 6) is 2.12. The van der Waals surface area contributed by atoms with Gasteiger partial charge in [0.25, 0.3) is 0 Å². The maximum atomic E-state index is 10.7. The molecule has 5 rings (SSSR count). The molecule has 34 heavy (non-hydrogen) atoms. The summed E-state index contributed by atoms with van der Waals surface area (Å²) in [7, 11) is 0. The van der Waals surface area contributed by atoms with Gasteiger partial charge in [-0.25, -0.2) is 0 Å². The zero-order valence-corrected chi connectivity index (χ0v) is 23.7. The summed E-state index contributed by atoms with van der Waals surface area (Å²) in [6.45, 7) is 6.59. The van der Waals surface area contributed by atoms with Gasteiger partial charge in [-0.3, -0.25) is 4.98 Å². The molecule has 2 aromatic carbocycles. The van der Waals surface area contributed by atoms with Gasteiger partial charge < -0.3 is 10.2 Å². The Kier molecular flexibility index (Phi) is 10.3. The molecule has 0 saturated heterocycles. The van der Waals surface area contributed by atoms with E-state index >= 15 is 0 Å². The maximum absolute atomic E-state index is 10.7. The second kappa shape index (κ2) is 12.7. The van der Waals surface area contributed by atoms with Gasteiger partial charge in [0.05, 0.1) is 17.7 Å². The normalized spacial score (nSPS) is 28.5. The minimum Gasteiger partial charge on any atom is -0.392 e. The number of nitrogens with zero attached hydrogens (tertiary/aromatic N) is 1. The average Bonchev–Trinajstić information content (AvgIpc) is 3.29. The van der Waals surface area contributed by atoms with Crippen molar-refractivity contribution >= 4 is 21.6 Å². The van der Waals surface area contributed by atoms with Crippen molar-refractivity contribution in [3.63, 3.8) is 0 Å². The number of fused-ring (bicyclic) bond motifs is 2. The molecular weight excluding hydrogens is 619 g/mol. The number of benzene rings is 2. The van der Waals surface area contributed by atoms with Crippen molar-refractivity contribution in [1.29, 1.82) is 0 Å². The van der Waals surface area contributed by atoms with Gasteiger partial charge in [-0.05, 0) is 61.5 Å². The third-order valence-corrected chi connectivity index (χ3v) is 9.18. The molecule has 1 aromatic heterocycles. The first-order valence-electron chi connectivity index (χ1n) is 12.7. The Labute approximate surface area is 222 Å². The fourth-order valence-corrected chi connectivity index (χ4v) is 7.06. The number of aliphatic hydroxyl groups excluding tert-OH is 2. The van der Waals surface area contributed by atoms with Crippen LogP contribution in [0.3, 0.4) is 0 Å². The van der Waals surface area contributed by atoms with Crippen LogP contribution in [0.2, 0.25) is 0 Å². The molecule has 2 N–H and O–H groups in total. The molecule has 1 heterocycles. The van der Waals surface area contributed by atoms with E-state index < -0.39 is 0 Å². The first-order chi connectivity index (χ1) is 16.0. The van der Waals surface area contributed by atoms with Crippen molar-refractivity contribution in [2.24, 2.45) is 29.6 Å². The zero-order valence-electron chi connectivity index (χ0n) is 20.5. The van der Waals surface area contributed by atoms with E-state index in [1.54, 1.807) is 11.3 Å².